The van der Waals surface area contributed by atoms with E-state index in [9.17, 15) is 34.2 Å². The summed E-state index contributed by atoms with van der Waals surface area (Å²) in [6.07, 6.45) is 4.29. The van der Waals surface area contributed by atoms with Crippen LogP contribution >= 0.6 is 0 Å². The quantitative estimate of drug-likeness (QED) is 0.123. The van der Waals surface area contributed by atoms with Crippen LogP contribution in [-0.4, -0.2) is 79.0 Å². The molecule has 14 heteroatoms. The molecule has 2 heterocycles. The number of hydrogen-bond donors (Lipinski definition) is 8. The second kappa shape index (κ2) is 14.1. The Bertz CT molecular complexity index is 1370. The van der Waals surface area contributed by atoms with Gasteiger partial charge in [0.1, 0.15) is 18.1 Å². The number of benzene rings is 1. The number of imidazole rings is 1. The molecule has 0 saturated heterocycles. The zero-order chi connectivity index (χ0) is 30.1. The van der Waals surface area contributed by atoms with Gasteiger partial charge in [-0.3, -0.25) is 19.2 Å². The Morgan fingerprint density at radius 3 is 2.29 bits per heavy atom. The van der Waals surface area contributed by atoms with E-state index in [4.69, 9.17) is 5.73 Å². The maximum Gasteiger partial charge on any atom is 0.326 e. The lowest BCUT2D eigenvalue weighted by Crippen LogP contribution is -2.59. The van der Waals surface area contributed by atoms with E-state index in [1.165, 1.54) is 12.5 Å². The van der Waals surface area contributed by atoms with Crippen LogP contribution in [0.2, 0.25) is 0 Å². The monoisotopic (exact) mass is 569 g/mol. The number of nitrogens with zero attached hydrogens (tertiary/aromatic N) is 1. The highest BCUT2D eigenvalue weighted by atomic mass is 16.4. The van der Waals surface area contributed by atoms with E-state index in [0.29, 0.717) is 17.7 Å². The van der Waals surface area contributed by atoms with E-state index in [-0.39, 0.29) is 12.8 Å². The third-order valence-corrected chi connectivity index (χ3v) is 6.85. The van der Waals surface area contributed by atoms with Gasteiger partial charge in [-0.25, -0.2) is 9.78 Å². The number of nitrogens with one attached hydrogen (secondary N) is 5. The fraction of sp³-hybridized carbons (Fsp3) is 0.407. The summed E-state index contributed by atoms with van der Waals surface area (Å²) in [5, 5.41) is 27.4. The standard InChI is InChI=1S/C27H35N7O7/c1-3-14(2)23(26(39)33-21(27(40)41)8-15-11-30-19-7-5-4-6-17(15)19)34-25(38)20(10-22(35)36)32-24(37)18(28)9-16-12-29-13-31-16/h4-7,11-14,18,20-21,23,30H,3,8-10,28H2,1-2H3,(H,29,31)(H,32,37)(H,33,39)(H,34,38)(H,35,36)(H,40,41). The smallest absolute Gasteiger partial charge is 0.326 e. The van der Waals surface area contributed by atoms with Crippen molar-refractivity contribution < 1.29 is 34.2 Å². The summed E-state index contributed by atoms with van der Waals surface area (Å²) in [5.74, 6) is -5.52. The molecule has 0 bridgehead atoms. The number of carboxylic acid groups (broad SMARTS) is 2. The molecular formula is C27H35N7O7. The Balaban J connectivity index is 1.72. The third kappa shape index (κ3) is 8.38. The fourth-order valence-electron chi connectivity index (χ4n) is 4.33. The molecule has 14 nitrogen and oxygen atoms in total. The average Bonchev–Trinajstić information content (AvgIpc) is 3.60. The average molecular weight is 570 g/mol. The number of carbonyl (C=O) groups is 5. The Hall–Kier alpha value is -4.72. The van der Waals surface area contributed by atoms with Crippen molar-refractivity contribution in [2.75, 3.05) is 0 Å². The van der Waals surface area contributed by atoms with Crippen molar-refractivity contribution in [2.24, 2.45) is 11.7 Å². The molecule has 0 saturated carbocycles. The normalized spacial score (nSPS) is 14.8. The van der Waals surface area contributed by atoms with Gasteiger partial charge in [0.25, 0.3) is 0 Å². The van der Waals surface area contributed by atoms with E-state index in [2.05, 4.69) is 30.9 Å². The molecule has 9 N–H and O–H groups in total. The highest BCUT2D eigenvalue weighted by Crippen LogP contribution is 2.19. The largest absolute Gasteiger partial charge is 0.481 e. The summed E-state index contributed by atoms with van der Waals surface area (Å²) >= 11 is 0. The zero-order valence-corrected chi connectivity index (χ0v) is 22.7. The zero-order valence-electron chi connectivity index (χ0n) is 22.7. The van der Waals surface area contributed by atoms with Crippen molar-refractivity contribution in [2.45, 2.75) is 63.7 Å². The summed E-state index contributed by atoms with van der Waals surface area (Å²) in [6, 6.07) is 2.19. The molecule has 0 aliphatic carbocycles. The van der Waals surface area contributed by atoms with Gasteiger partial charge < -0.3 is 41.9 Å². The first kappa shape index (κ1) is 30.8. The van der Waals surface area contributed by atoms with Crippen molar-refractivity contribution in [3.8, 4) is 0 Å². The molecule has 5 unspecified atom stereocenters. The van der Waals surface area contributed by atoms with Crippen molar-refractivity contribution in [1.29, 1.82) is 0 Å². The molecule has 1 aromatic carbocycles. The second-order valence-corrected chi connectivity index (χ2v) is 9.88. The number of nitrogens with two attached hydrogens (primary N) is 1. The van der Waals surface area contributed by atoms with Crippen molar-refractivity contribution in [3.05, 3.63) is 54.2 Å². The van der Waals surface area contributed by atoms with E-state index in [1.807, 2.05) is 24.3 Å². The van der Waals surface area contributed by atoms with Crippen LogP contribution in [0.3, 0.4) is 0 Å². The van der Waals surface area contributed by atoms with E-state index >= 15 is 0 Å². The Morgan fingerprint density at radius 1 is 0.951 bits per heavy atom. The van der Waals surface area contributed by atoms with Crippen LogP contribution in [0, 0.1) is 5.92 Å². The number of hydrogen-bond acceptors (Lipinski definition) is 7. The van der Waals surface area contributed by atoms with Gasteiger partial charge in [-0.2, -0.15) is 0 Å². The highest BCUT2D eigenvalue weighted by Gasteiger charge is 2.34. The number of carbonyl (C=O) groups excluding carboxylic acids is 3. The lowest BCUT2D eigenvalue weighted by atomic mass is 9.96. The van der Waals surface area contributed by atoms with Gasteiger partial charge in [-0.15, -0.1) is 0 Å². The van der Waals surface area contributed by atoms with E-state index in [1.54, 1.807) is 20.0 Å². The van der Waals surface area contributed by atoms with Crippen LogP contribution in [0.4, 0.5) is 0 Å². The summed E-state index contributed by atoms with van der Waals surface area (Å²) in [4.78, 5) is 72.4. The summed E-state index contributed by atoms with van der Waals surface area (Å²) in [7, 11) is 0. The number of H-pyrrole nitrogens is 2. The maximum absolute atomic E-state index is 13.3. The number of para-hydroxylation sites is 1. The molecule has 0 spiro atoms. The number of rotatable bonds is 15. The van der Waals surface area contributed by atoms with Crippen LogP contribution in [0.25, 0.3) is 10.9 Å². The Labute approximate surface area is 235 Å². The third-order valence-electron chi connectivity index (χ3n) is 6.85. The summed E-state index contributed by atoms with van der Waals surface area (Å²) < 4.78 is 0. The molecule has 3 amide bonds. The van der Waals surface area contributed by atoms with Gasteiger partial charge in [-0.1, -0.05) is 38.5 Å². The Kier molecular flexibility index (Phi) is 10.6. The van der Waals surface area contributed by atoms with Crippen LogP contribution in [0.1, 0.15) is 37.9 Å². The lowest BCUT2D eigenvalue weighted by Gasteiger charge is -2.27. The summed E-state index contributed by atoms with van der Waals surface area (Å²) in [5.41, 5.74) is 8.00. The predicted octanol–water partition coefficient (Wildman–Crippen LogP) is 0.0633. The SMILES string of the molecule is CCC(C)C(NC(=O)C(CC(=O)O)NC(=O)C(N)Cc1cnc[nH]1)C(=O)NC(Cc1c[nH]c2ccccc12)C(=O)O. The van der Waals surface area contributed by atoms with Gasteiger partial charge in [0.15, 0.2) is 0 Å². The molecule has 0 aliphatic heterocycles. The molecular weight excluding hydrogens is 534 g/mol. The fourth-order valence-corrected chi connectivity index (χ4v) is 4.33. The number of fused-ring (bicyclic) bond motifs is 1. The molecule has 0 aliphatic rings. The molecule has 3 aromatic rings. The number of aromatic nitrogens is 3. The van der Waals surface area contributed by atoms with Gasteiger partial charge in [0.05, 0.1) is 18.8 Å². The van der Waals surface area contributed by atoms with Crippen LogP contribution < -0.4 is 21.7 Å². The first-order valence-corrected chi connectivity index (χ1v) is 13.1. The van der Waals surface area contributed by atoms with Gasteiger partial charge in [0.2, 0.25) is 17.7 Å². The summed E-state index contributed by atoms with van der Waals surface area (Å²) in [6.45, 7) is 3.47. The molecule has 0 fully saturated rings. The number of aromatic amines is 2. The van der Waals surface area contributed by atoms with Crippen molar-refractivity contribution >= 4 is 40.6 Å². The first-order valence-electron chi connectivity index (χ1n) is 13.1. The number of carboxylic acids is 2. The topological polar surface area (TPSA) is 232 Å². The minimum atomic E-state index is -1.53. The minimum absolute atomic E-state index is 0.0157. The van der Waals surface area contributed by atoms with Crippen LogP contribution in [0.15, 0.2) is 43.0 Å². The molecule has 220 valence electrons. The van der Waals surface area contributed by atoms with Crippen molar-refractivity contribution in [3.63, 3.8) is 0 Å². The van der Waals surface area contributed by atoms with Crippen LogP contribution in [0.5, 0.6) is 0 Å². The maximum atomic E-state index is 13.3. The molecule has 41 heavy (non-hydrogen) atoms. The predicted molar refractivity (Wildman–Crippen MR) is 147 cm³/mol. The van der Waals surface area contributed by atoms with Gasteiger partial charge in [0, 0.05) is 41.8 Å². The highest BCUT2D eigenvalue weighted by molar-refractivity contribution is 5.96. The Morgan fingerprint density at radius 2 is 1.66 bits per heavy atom. The minimum Gasteiger partial charge on any atom is -0.481 e. The molecule has 2 aromatic heterocycles. The molecule has 3 rings (SSSR count). The number of amides is 3. The lowest BCUT2D eigenvalue weighted by molar-refractivity contribution is -0.143. The number of aliphatic carboxylic acids is 2. The van der Waals surface area contributed by atoms with Crippen LogP contribution in [-0.2, 0) is 36.8 Å². The van der Waals surface area contributed by atoms with E-state index in [0.717, 1.165) is 10.9 Å². The van der Waals surface area contributed by atoms with Gasteiger partial charge >= 0.3 is 11.9 Å². The van der Waals surface area contributed by atoms with Gasteiger partial charge in [-0.05, 0) is 17.5 Å². The molecule has 0 radical (unpaired) electrons. The van der Waals surface area contributed by atoms with Crippen molar-refractivity contribution in [1.82, 2.24) is 30.9 Å². The molecule has 5 atom stereocenters. The second-order valence-electron chi connectivity index (χ2n) is 9.88. The first-order chi connectivity index (χ1) is 19.5. The van der Waals surface area contributed by atoms with E-state index < -0.39 is 66.2 Å².